The molecule has 0 radical (unpaired) electrons. The molecular formula is C77H150O17P2. The molecule has 0 amide bonds. The summed E-state index contributed by atoms with van der Waals surface area (Å²) in [5, 5.41) is 10.6. The number of aliphatic hydroxyl groups excluding tert-OH is 1. The van der Waals surface area contributed by atoms with E-state index in [1.807, 2.05) is 0 Å². The minimum absolute atomic E-state index is 0.107. The number of carbonyl (C=O) groups is 4. The van der Waals surface area contributed by atoms with Crippen LogP contribution >= 0.6 is 15.6 Å². The second-order valence-corrected chi connectivity index (χ2v) is 31.6. The van der Waals surface area contributed by atoms with Gasteiger partial charge in [-0.1, -0.05) is 350 Å². The zero-order valence-electron chi connectivity index (χ0n) is 62.7. The van der Waals surface area contributed by atoms with E-state index in [0.29, 0.717) is 25.7 Å². The predicted molar refractivity (Wildman–Crippen MR) is 391 cm³/mol. The lowest BCUT2D eigenvalue weighted by atomic mass is 10.0. The summed E-state index contributed by atoms with van der Waals surface area (Å²) in [5.74, 6) is -0.572. The van der Waals surface area contributed by atoms with Crippen LogP contribution in [0.5, 0.6) is 0 Å². The van der Waals surface area contributed by atoms with Crippen LogP contribution in [0.3, 0.4) is 0 Å². The van der Waals surface area contributed by atoms with Crippen molar-refractivity contribution < 1.29 is 80.2 Å². The molecule has 0 rings (SSSR count). The second-order valence-electron chi connectivity index (χ2n) is 28.7. The van der Waals surface area contributed by atoms with Gasteiger partial charge >= 0.3 is 39.5 Å². The highest BCUT2D eigenvalue weighted by atomic mass is 31.2. The van der Waals surface area contributed by atoms with Crippen molar-refractivity contribution in [3.8, 4) is 0 Å². The summed E-state index contributed by atoms with van der Waals surface area (Å²) in [6.07, 6.45) is 56.7. The minimum Gasteiger partial charge on any atom is -0.462 e. The number of hydrogen-bond donors (Lipinski definition) is 3. The summed E-state index contributed by atoms with van der Waals surface area (Å²) >= 11 is 0. The number of rotatable bonds is 76. The van der Waals surface area contributed by atoms with Crippen LogP contribution in [0.2, 0.25) is 0 Å². The van der Waals surface area contributed by atoms with E-state index in [1.165, 1.54) is 218 Å². The van der Waals surface area contributed by atoms with Gasteiger partial charge in [-0.2, -0.15) is 0 Å². The molecule has 0 aromatic heterocycles. The lowest BCUT2D eigenvalue weighted by Crippen LogP contribution is -2.30. The Hall–Kier alpha value is -1.94. The molecule has 0 spiro atoms. The first-order valence-corrected chi connectivity index (χ1v) is 43.0. The number of phosphoric acid groups is 2. The van der Waals surface area contributed by atoms with Crippen LogP contribution in [0.25, 0.3) is 0 Å². The van der Waals surface area contributed by atoms with Crippen molar-refractivity contribution in [1.29, 1.82) is 0 Å². The monoisotopic (exact) mass is 1410 g/mol. The Kier molecular flexibility index (Phi) is 67.4. The van der Waals surface area contributed by atoms with Crippen LogP contribution in [0.15, 0.2) is 0 Å². The van der Waals surface area contributed by atoms with Crippen molar-refractivity contribution in [3.63, 3.8) is 0 Å². The standard InChI is InChI=1S/C77H150O17P2/c1-7-9-11-13-15-17-19-21-26-29-35-41-47-53-59-74(79)87-65-72(93-77(82)62-56-50-44-37-31-27-23-22-25-28-33-39-45-51-57-69(3)4)67-91-95(83,84)89-63-71(78)64-90-96(85,86)92-68-73(66-88-75(80)60-54-48-42-38-32-34-40-46-52-58-70(5)6)94-76(81)61-55-49-43-36-30-24-20-18-16-14-12-10-8-2/h69-73,78H,7-68H2,1-6H3,(H,83,84)(H,85,86)/t71-,72-,73-/m1/s1. The van der Waals surface area contributed by atoms with Crippen molar-refractivity contribution in [2.45, 2.75) is 419 Å². The average Bonchev–Trinajstić information content (AvgIpc) is 3.44. The van der Waals surface area contributed by atoms with E-state index in [1.54, 1.807) is 0 Å². The van der Waals surface area contributed by atoms with E-state index in [9.17, 15) is 43.2 Å². The lowest BCUT2D eigenvalue weighted by molar-refractivity contribution is -0.161. The number of hydrogen-bond acceptors (Lipinski definition) is 15. The molecule has 0 bridgehead atoms. The molecule has 0 saturated heterocycles. The molecule has 0 fully saturated rings. The van der Waals surface area contributed by atoms with Crippen molar-refractivity contribution in [2.75, 3.05) is 39.6 Å². The number of ether oxygens (including phenoxy) is 4. The van der Waals surface area contributed by atoms with E-state index in [4.69, 9.17) is 37.0 Å². The molecule has 0 aliphatic carbocycles. The topological polar surface area (TPSA) is 237 Å². The van der Waals surface area contributed by atoms with Gasteiger partial charge in [0.25, 0.3) is 0 Å². The molecule has 0 aliphatic heterocycles. The molecule has 19 heteroatoms. The zero-order valence-corrected chi connectivity index (χ0v) is 64.5. The molecule has 0 heterocycles. The van der Waals surface area contributed by atoms with Gasteiger partial charge < -0.3 is 33.8 Å². The summed E-state index contributed by atoms with van der Waals surface area (Å²) in [4.78, 5) is 72.9. The van der Waals surface area contributed by atoms with Gasteiger partial charge in [-0.3, -0.25) is 37.3 Å². The minimum atomic E-state index is -4.96. The summed E-state index contributed by atoms with van der Waals surface area (Å²) in [5.41, 5.74) is 0. The van der Waals surface area contributed by atoms with Crippen molar-refractivity contribution in [2.24, 2.45) is 11.8 Å². The highest BCUT2D eigenvalue weighted by molar-refractivity contribution is 7.47. The molecule has 2 unspecified atom stereocenters. The summed E-state index contributed by atoms with van der Waals surface area (Å²) < 4.78 is 68.6. The molecular weight excluding hydrogens is 1260 g/mol. The van der Waals surface area contributed by atoms with Crippen LogP contribution in [-0.4, -0.2) is 96.7 Å². The van der Waals surface area contributed by atoms with Crippen LogP contribution in [0.4, 0.5) is 0 Å². The molecule has 96 heavy (non-hydrogen) atoms. The Labute approximate surface area is 588 Å². The van der Waals surface area contributed by atoms with E-state index >= 15 is 0 Å². The quantitative estimate of drug-likeness (QED) is 0.0222. The first-order valence-electron chi connectivity index (χ1n) is 40.0. The van der Waals surface area contributed by atoms with Gasteiger partial charge in [-0.25, -0.2) is 9.13 Å². The number of carbonyl (C=O) groups excluding carboxylic acids is 4. The third-order valence-corrected chi connectivity index (χ3v) is 19.9. The molecule has 0 aromatic carbocycles. The molecule has 0 aliphatic rings. The van der Waals surface area contributed by atoms with E-state index < -0.39 is 97.5 Å². The molecule has 5 atom stereocenters. The van der Waals surface area contributed by atoms with Gasteiger partial charge in [-0.05, 0) is 37.5 Å². The van der Waals surface area contributed by atoms with E-state index in [2.05, 4.69) is 41.5 Å². The Morgan fingerprint density at radius 1 is 0.281 bits per heavy atom. The number of phosphoric ester groups is 2. The van der Waals surface area contributed by atoms with E-state index in [0.717, 1.165) is 102 Å². The highest BCUT2D eigenvalue weighted by Gasteiger charge is 2.30. The third-order valence-electron chi connectivity index (χ3n) is 18.0. The van der Waals surface area contributed by atoms with Crippen molar-refractivity contribution >= 4 is 39.5 Å². The van der Waals surface area contributed by atoms with Crippen molar-refractivity contribution in [1.82, 2.24) is 0 Å². The van der Waals surface area contributed by atoms with Crippen LogP contribution in [-0.2, 0) is 65.4 Å². The molecule has 0 aromatic rings. The highest BCUT2D eigenvalue weighted by Crippen LogP contribution is 2.45. The lowest BCUT2D eigenvalue weighted by Gasteiger charge is -2.21. The normalized spacial score (nSPS) is 14.0. The summed E-state index contributed by atoms with van der Waals surface area (Å²) in [6, 6.07) is 0. The van der Waals surface area contributed by atoms with Crippen LogP contribution < -0.4 is 0 Å². The maximum Gasteiger partial charge on any atom is 0.472 e. The smallest absolute Gasteiger partial charge is 0.462 e. The first-order chi connectivity index (χ1) is 46.4. The maximum atomic E-state index is 13.1. The summed E-state index contributed by atoms with van der Waals surface area (Å²) in [7, 11) is -9.91. The van der Waals surface area contributed by atoms with Gasteiger partial charge in [0.05, 0.1) is 26.4 Å². The van der Waals surface area contributed by atoms with Gasteiger partial charge in [-0.15, -0.1) is 0 Å². The number of unbranched alkanes of at least 4 members (excludes halogenated alkanes) is 46. The number of esters is 4. The Morgan fingerprint density at radius 2 is 0.479 bits per heavy atom. The zero-order chi connectivity index (χ0) is 70.7. The fourth-order valence-electron chi connectivity index (χ4n) is 11.8. The molecule has 3 N–H and O–H groups in total. The Morgan fingerprint density at radius 3 is 0.708 bits per heavy atom. The van der Waals surface area contributed by atoms with E-state index in [-0.39, 0.29) is 25.7 Å². The van der Waals surface area contributed by atoms with Crippen molar-refractivity contribution in [3.05, 3.63) is 0 Å². The van der Waals surface area contributed by atoms with Crippen LogP contribution in [0, 0.1) is 11.8 Å². The molecule has 17 nitrogen and oxygen atoms in total. The molecule has 0 saturated carbocycles. The van der Waals surface area contributed by atoms with Gasteiger partial charge in [0.1, 0.15) is 19.3 Å². The molecule has 570 valence electrons. The third kappa shape index (κ3) is 70.5. The van der Waals surface area contributed by atoms with Gasteiger partial charge in [0, 0.05) is 25.7 Å². The van der Waals surface area contributed by atoms with Crippen LogP contribution in [0.1, 0.15) is 401 Å². The largest absolute Gasteiger partial charge is 0.472 e. The fraction of sp³-hybridized carbons (Fsp3) is 0.948. The summed E-state index contributed by atoms with van der Waals surface area (Å²) in [6.45, 7) is 9.62. The van der Waals surface area contributed by atoms with Gasteiger partial charge in [0.15, 0.2) is 12.2 Å². The fourth-order valence-corrected chi connectivity index (χ4v) is 13.4. The predicted octanol–water partition coefficient (Wildman–Crippen LogP) is 22.7. The van der Waals surface area contributed by atoms with Gasteiger partial charge in [0.2, 0.25) is 0 Å². The maximum absolute atomic E-state index is 13.1. The average molecular weight is 1410 g/mol. The second kappa shape index (κ2) is 68.8. The number of aliphatic hydroxyl groups is 1. The Bertz CT molecular complexity index is 1860. The first kappa shape index (κ1) is 94.1. The SMILES string of the molecule is CCCCCCCCCCCCCCCCC(=O)OC[C@H](COP(=O)(O)OC[C@@H](O)COP(=O)(O)OC[C@@H](COC(=O)CCCCCCCCCCCC(C)C)OC(=O)CCCCCCCCCCCCCCC)OC(=O)CCCCCCCCCCCCCCCCC(C)C. The Balaban J connectivity index is 5.26.